The zero-order chi connectivity index (χ0) is 35.0. The molecular weight excluding hydrogens is 623 g/mol. The van der Waals surface area contributed by atoms with E-state index in [1.54, 1.807) is 41.5 Å². The fraction of sp³-hybridized carbons (Fsp3) is 0.594. The Morgan fingerprint density at radius 3 is 2.34 bits per heavy atom. The van der Waals surface area contributed by atoms with E-state index in [4.69, 9.17) is 18.7 Å². The van der Waals surface area contributed by atoms with Crippen molar-refractivity contribution in [1.29, 1.82) is 0 Å². The Hall–Kier alpha value is -4.30. The number of guanidine groups is 1. The molecule has 1 atom stereocenters. The summed E-state index contributed by atoms with van der Waals surface area (Å²) in [4.78, 5) is 34.7. The zero-order valence-corrected chi connectivity index (χ0v) is 27.9. The number of rotatable bonds is 10. The van der Waals surface area contributed by atoms with Crippen LogP contribution in [0.1, 0.15) is 104 Å². The van der Waals surface area contributed by atoms with Gasteiger partial charge in [0.2, 0.25) is 11.8 Å². The highest BCUT2D eigenvalue weighted by atomic mass is 19.4. The van der Waals surface area contributed by atoms with E-state index in [0.29, 0.717) is 6.42 Å². The molecule has 12 nitrogen and oxygen atoms in total. The van der Waals surface area contributed by atoms with Gasteiger partial charge in [-0.05, 0) is 72.2 Å². The Morgan fingerprint density at radius 2 is 1.70 bits per heavy atom. The highest BCUT2D eigenvalue weighted by Gasteiger charge is 2.37. The first kappa shape index (κ1) is 37.2. The molecule has 0 spiro atoms. The Kier molecular flexibility index (Phi) is 12.3. The molecule has 47 heavy (non-hydrogen) atoms. The van der Waals surface area contributed by atoms with Gasteiger partial charge in [-0.2, -0.15) is 18.2 Å². The van der Waals surface area contributed by atoms with Crippen LogP contribution >= 0.6 is 0 Å². The van der Waals surface area contributed by atoms with Gasteiger partial charge in [0, 0.05) is 5.56 Å². The number of unbranched alkanes of at least 4 members (excludes halogenated alkanes) is 5. The van der Waals surface area contributed by atoms with Gasteiger partial charge < -0.3 is 28.7 Å². The molecule has 0 aliphatic carbocycles. The van der Waals surface area contributed by atoms with E-state index >= 15 is 0 Å². The van der Waals surface area contributed by atoms with Crippen LogP contribution in [0.2, 0.25) is 0 Å². The van der Waals surface area contributed by atoms with Crippen LogP contribution in [0, 0.1) is 0 Å². The fourth-order valence-electron chi connectivity index (χ4n) is 4.49. The monoisotopic (exact) mass is 667 g/mol. The van der Waals surface area contributed by atoms with Crippen molar-refractivity contribution in [2.75, 3.05) is 13.2 Å². The van der Waals surface area contributed by atoms with Crippen molar-refractivity contribution in [2.45, 2.75) is 110 Å². The molecular formula is C32H44F3N5O7. The van der Waals surface area contributed by atoms with E-state index in [-0.39, 0.29) is 47.9 Å². The number of aliphatic hydroxyl groups is 1. The number of aliphatic hydroxyl groups excluding tert-OH is 1. The van der Waals surface area contributed by atoms with Crippen LogP contribution in [-0.4, -0.2) is 62.6 Å². The molecule has 1 aromatic heterocycles. The fourth-order valence-corrected chi connectivity index (χ4v) is 4.49. The summed E-state index contributed by atoms with van der Waals surface area (Å²) in [6.07, 6.45) is 0.409. The van der Waals surface area contributed by atoms with Gasteiger partial charge in [-0.15, -0.1) is 4.99 Å². The summed E-state index contributed by atoms with van der Waals surface area (Å²) < 4.78 is 63.5. The second-order valence-corrected chi connectivity index (χ2v) is 13.1. The minimum Gasteiger partial charge on any atom is -0.511 e. The molecule has 2 heterocycles. The number of nitrogens with one attached hydrogen (secondary N) is 1. The van der Waals surface area contributed by atoms with Crippen molar-refractivity contribution >= 4 is 18.1 Å². The van der Waals surface area contributed by atoms with Crippen LogP contribution in [-0.2, 0) is 15.7 Å². The molecule has 0 bridgehead atoms. The lowest BCUT2D eigenvalue weighted by molar-refractivity contribution is -0.138. The topological polar surface area (TPSA) is 149 Å². The zero-order valence-electron chi connectivity index (χ0n) is 27.9. The number of carbonyl (C=O) groups is 2. The van der Waals surface area contributed by atoms with Crippen LogP contribution in [0.15, 0.2) is 39.5 Å². The van der Waals surface area contributed by atoms with Gasteiger partial charge in [0.05, 0.1) is 18.7 Å². The maximum Gasteiger partial charge on any atom is 0.437 e. The second kappa shape index (κ2) is 15.5. The van der Waals surface area contributed by atoms with Gasteiger partial charge in [0.1, 0.15) is 28.8 Å². The first-order valence-electron chi connectivity index (χ1n) is 15.5. The number of hydrogen-bond acceptors (Lipinski definition) is 9. The average Bonchev–Trinajstić information content (AvgIpc) is 3.56. The van der Waals surface area contributed by atoms with Gasteiger partial charge in [0.25, 0.3) is 5.89 Å². The second-order valence-electron chi connectivity index (χ2n) is 13.1. The van der Waals surface area contributed by atoms with Crippen molar-refractivity contribution in [3.63, 3.8) is 0 Å². The first-order chi connectivity index (χ1) is 21.9. The number of nitrogens with zero attached hydrogens (tertiary/aromatic N) is 4. The molecule has 1 aliphatic heterocycles. The quantitative estimate of drug-likeness (QED) is 0.145. The lowest BCUT2D eigenvalue weighted by atomic mass is 10.1. The summed E-state index contributed by atoms with van der Waals surface area (Å²) in [5, 5.41) is 16.7. The predicted molar refractivity (Wildman–Crippen MR) is 167 cm³/mol. The number of alkyl halides is 3. The van der Waals surface area contributed by atoms with E-state index in [2.05, 4.69) is 27.4 Å². The third kappa shape index (κ3) is 11.8. The maximum atomic E-state index is 14.0. The number of alkyl carbamates (subject to hydrolysis) is 1. The highest BCUT2D eigenvalue weighted by molar-refractivity contribution is 5.99. The van der Waals surface area contributed by atoms with E-state index < -0.39 is 41.2 Å². The lowest BCUT2D eigenvalue weighted by Gasteiger charge is -2.27. The number of amides is 2. The number of benzene rings is 1. The molecule has 1 aliphatic rings. The van der Waals surface area contributed by atoms with Crippen molar-refractivity contribution in [3.05, 3.63) is 41.5 Å². The average molecular weight is 668 g/mol. The third-order valence-corrected chi connectivity index (χ3v) is 6.49. The normalized spacial score (nSPS) is 15.8. The summed E-state index contributed by atoms with van der Waals surface area (Å²) in [5.41, 5.74) is -2.78. The molecule has 0 unspecified atom stereocenters. The summed E-state index contributed by atoms with van der Waals surface area (Å²) >= 11 is 0. The lowest BCUT2D eigenvalue weighted by Crippen LogP contribution is -2.46. The number of hydrogen-bond donors (Lipinski definition) is 2. The standard InChI is InChI=1S/C32H44F3N5O7/c1-8-9-10-11-12-13-16-44-24-15-14-20(17-22(24)32(33,34)35)25-36-26(47-39-25)23-18-21(41)19-40(23)27(37-28(42)45-30(2,3)4)38-29(43)46-31(5,6)7/h14-15,17-18,23,41H,8-13,16,19H2,1-7H3,(H,37,38,42,43)/t23-/m0/s1. The third-order valence-electron chi connectivity index (χ3n) is 6.49. The number of aliphatic imine (C=N–C) groups is 1. The predicted octanol–water partition coefficient (Wildman–Crippen LogP) is 8.11. The van der Waals surface area contributed by atoms with Crippen LogP contribution in [0.25, 0.3) is 11.4 Å². The molecule has 1 aromatic carbocycles. The van der Waals surface area contributed by atoms with Crippen molar-refractivity contribution in [1.82, 2.24) is 20.4 Å². The largest absolute Gasteiger partial charge is 0.511 e. The molecule has 260 valence electrons. The van der Waals surface area contributed by atoms with E-state index in [0.717, 1.165) is 38.2 Å². The van der Waals surface area contributed by atoms with Gasteiger partial charge in [-0.1, -0.05) is 44.2 Å². The number of aromatic nitrogens is 2. The van der Waals surface area contributed by atoms with Crippen LogP contribution in [0.5, 0.6) is 5.75 Å². The molecule has 3 rings (SSSR count). The van der Waals surface area contributed by atoms with Crippen molar-refractivity contribution < 1.29 is 46.6 Å². The van der Waals surface area contributed by atoms with Gasteiger partial charge in [-0.25, -0.2) is 9.59 Å². The summed E-state index contributed by atoms with van der Waals surface area (Å²) in [6.45, 7) is 11.8. The number of halogens is 3. The smallest absolute Gasteiger partial charge is 0.437 e. The first-order valence-corrected chi connectivity index (χ1v) is 15.5. The molecule has 0 saturated carbocycles. The summed E-state index contributed by atoms with van der Waals surface area (Å²) in [5.74, 6) is -1.18. The highest BCUT2D eigenvalue weighted by Crippen LogP contribution is 2.39. The van der Waals surface area contributed by atoms with E-state index in [1.165, 1.54) is 23.1 Å². The molecule has 0 fully saturated rings. The SMILES string of the molecule is CCCCCCCCOc1ccc(-c2noc([C@@H]3C=C(O)CN3/C(=N/C(=O)OC(C)(C)C)NC(=O)OC(C)(C)C)n2)cc1C(F)(F)F. The molecule has 2 N–H and O–H groups in total. The molecule has 0 radical (unpaired) electrons. The van der Waals surface area contributed by atoms with Crippen LogP contribution < -0.4 is 10.1 Å². The van der Waals surface area contributed by atoms with E-state index in [1.807, 2.05) is 0 Å². The van der Waals surface area contributed by atoms with Gasteiger partial charge in [-0.3, -0.25) is 5.32 Å². The molecule has 15 heteroatoms. The Labute approximate surface area is 272 Å². The van der Waals surface area contributed by atoms with Gasteiger partial charge >= 0.3 is 18.4 Å². The van der Waals surface area contributed by atoms with Crippen LogP contribution in [0.3, 0.4) is 0 Å². The van der Waals surface area contributed by atoms with Crippen molar-refractivity contribution in [2.24, 2.45) is 4.99 Å². The van der Waals surface area contributed by atoms with Gasteiger partial charge in [0.15, 0.2) is 0 Å². The minimum atomic E-state index is -4.71. The molecule has 0 saturated heterocycles. The minimum absolute atomic E-state index is 0.00603. The number of ether oxygens (including phenoxy) is 3. The Bertz CT molecular complexity index is 1440. The Morgan fingerprint density at radius 1 is 1.04 bits per heavy atom. The van der Waals surface area contributed by atoms with Crippen LogP contribution in [0.4, 0.5) is 22.8 Å². The summed E-state index contributed by atoms with van der Waals surface area (Å²) in [7, 11) is 0. The van der Waals surface area contributed by atoms with Crippen molar-refractivity contribution in [3.8, 4) is 17.1 Å². The van der Waals surface area contributed by atoms with E-state index in [9.17, 15) is 27.9 Å². The maximum absolute atomic E-state index is 14.0. The molecule has 2 amide bonds. The Balaban J connectivity index is 1.87. The molecule has 2 aromatic rings. The summed E-state index contributed by atoms with van der Waals surface area (Å²) in [6, 6.07) is 2.41. The number of carbonyl (C=O) groups excluding carboxylic acids is 2.